The van der Waals surface area contributed by atoms with E-state index in [1.165, 1.54) is 5.57 Å². The summed E-state index contributed by atoms with van der Waals surface area (Å²) in [6.45, 7) is 11.9. The van der Waals surface area contributed by atoms with E-state index >= 15 is 0 Å². The predicted octanol–water partition coefficient (Wildman–Crippen LogP) is 4.96. The van der Waals surface area contributed by atoms with E-state index in [9.17, 15) is 0 Å². The summed E-state index contributed by atoms with van der Waals surface area (Å²) >= 11 is 0. The zero-order valence-electron chi connectivity index (χ0n) is 13.3. The lowest BCUT2D eigenvalue weighted by molar-refractivity contribution is 0.163. The van der Waals surface area contributed by atoms with Crippen molar-refractivity contribution in [2.75, 3.05) is 6.61 Å². The molecule has 0 aromatic rings. The number of allylic oxidation sites excluding steroid dienone is 5. The predicted molar refractivity (Wildman–Crippen MR) is 82.8 cm³/mol. The van der Waals surface area contributed by atoms with Crippen LogP contribution in [0, 0.1) is 16.7 Å². The van der Waals surface area contributed by atoms with Crippen LogP contribution in [0.1, 0.15) is 41.0 Å². The van der Waals surface area contributed by atoms with Crippen molar-refractivity contribution in [1.82, 2.24) is 0 Å². The monoisotopic (exact) mass is 274 g/mol. The van der Waals surface area contributed by atoms with Crippen LogP contribution in [0.4, 0.5) is 0 Å². The van der Waals surface area contributed by atoms with E-state index in [-0.39, 0.29) is 10.8 Å². The van der Waals surface area contributed by atoms with Crippen molar-refractivity contribution < 1.29 is 9.47 Å². The molecule has 0 N–H and O–H groups in total. The standard InChI is InChI=1S/C18H26O2/c1-17(2,3)15-6-7-16(20-13-15)12-18(4,5)14-8-10-19-11-9-14/h6-11,14H,12-13H2,1-5H3. The number of hydrogen-bond acceptors (Lipinski definition) is 2. The fraction of sp³-hybridized carbons (Fsp3) is 0.556. The maximum atomic E-state index is 5.96. The van der Waals surface area contributed by atoms with Crippen LogP contribution in [-0.4, -0.2) is 6.61 Å². The third-order valence-corrected chi connectivity index (χ3v) is 4.11. The summed E-state index contributed by atoms with van der Waals surface area (Å²) in [4.78, 5) is 0. The second kappa shape index (κ2) is 5.51. The molecule has 0 aliphatic carbocycles. The zero-order chi connectivity index (χ0) is 14.8. The average molecular weight is 274 g/mol. The van der Waals surface area contributed by atoms with Gasteiger partial charge >= 0.3 is 0 Å². The minimum atomic E-state index is 0.121. The summed E-state index contributed by atoms with van der Waals surface area (Å²) in [5.41, 5.74) is 1.66. The Morgan fingerprint density at radius 3 is 2.20 bits per heavy atom. The Labute approximate surface area is 122 Å². The molecule has 0 radical (unpaired) electrons. The number of ether oxygens (including phenoxy) is 2. The molecule has 0 atom stereocenters. The Bertz CT molecular complexity index is 458. The molecule has 0 saturated carbocycles. The van der Waals surface area contributed by atoms with Gasteiger partial charge in [0.1, 0.15) is 6.61 Å². The largest absolute Gasteiger partial charge is 0.494 e. The fourth-order valence-electron chi connectivity index (χ4n) is 2.49. The van der Waals surface area contributed by atoms with E-state index in [1.807, 2.05) is 0 Å². The molecule has 2 aliphatic heterocycles. The summed E-state index contributed by atoms with van der Waals surface area (Å²) in [6.07, 6.45) is 13.0. The first-order valence-corrected chi connectivity index (χ1v) is 7.31. The van der Waals surface area contributed by atoms with Gasteiger partial charge in [0.25, 0.3) is 0 Å². The van der Waals surface area contributed by atoms with Crippen LogP contribution in [0.3, 0.4) is 0 Å². The number of rotatable bonds is 3. The molecule has 0 bridgehead atoms. The van der Waals surface area contributed by atoms with E-state index in [2.05, 4.69) is 58.9 Å². The Balaban J connectivity index is 2.05. The molecule has 2 heteroatoms. The third kappa shape index (κ3) is 3.56. The topological polar surface area (TPSA) is 18.5 Å². The summed E-state index contributed by atoms with van der Waals surface area (Å²) < 4.78 is 11.1. The van der Waals surface area contributed by atoms with Crippen molar-refractivity contribution in [1.29, 1.82) is 0 Å². The van der Waals surface area contributed by atoms with Crippen LogP contribution >= 0.6 is 0 Å². The lowest BCUT2D eigenvalue weighted by Crippen LogP contribution is -2.25. The molecule has 2 heterocycles. The third-order valence-electron chi connectivity index (χ3n) is 4.11. The van der Waals surface area contributed by atoms with Gasteiger partial charge in [-0.1, -0.05) is 40.7 Å². The summed E-state index contributed by atoms with van der Waals surface area (Å²) in [6, 6.07) is 0. The molecule has 2 rings (SSSR count). The SMILES string of the molecule is CC(C)(C)C1=CC=C(CC(C)(C)C2C=COC=C2)OC1. The first-order valence-electron chi connectivity index (χ1n) is 7.31. The fourth-order valence-corrected chi connectivity index (χ4v) is 2.49. The molecule has 0 amide bonds. The second-order valence-electron chi connectivity index (χ2n) is 7.35. The molecule has 0 aromatic carbocycles. The van der Waals surface area contributed by atoms with Crippen molar-refractivity contribution in [3.63, 3.8) is 0 Å². The molecule has 20 heavy (non-hydrogen) atoms. The van der Waals surface area contributed by atoms with Gasteiger partial charge < -0.3 is 9.47 Å². The quantitative estimate of drug-likeness (QED) is 0.724. The van der Waals surface area contributed by atoms with E-state index in [4.69, 9.17) is 9.47 Å². The lowest BCUT2D eigenvalue weighted by Gasteiger charge is -2.34. The molecule has 2 aliphatic rings. The van der Waals surface area contributed by atoms with Gasteiger partial charge in [-0.25, -0.2) is 0 Å². The first-order chi connectivity index (χ1) is 9.29. The van der Waals surface area contributed by atoms with Gasteiger partial charge in [0.15, 0.2) is 0 Å². The Morgan fingerprint density at radius 1 is 1.05 bits per heavy atom. The van der Waals surface area contributed by atoms with Crippen LogP contribution in [-0.2, 0) is 9.47 Å². The van der Waals surface area contributed by atoms with Gasteiger partial charge in [0.05, 0.1) is 18.3 Å². The second-order valence-corrected chi connectivity index (χ2v) is 7.35. The van der Waals surface area contributed by atoms with Gasteiger partial charge in [0.2, 0.25) is 0 Å². The molecular weight excluding hydrogens is 248 g/mol. The van der Waals surface area contributed by atoms with E-state index in [0.29, 0.717) is 12.5 Å². The van der Waals surface area contributed by atoms with Crippen molar-refractivity contribution in [3.05, 3.63) is 48.2 Å². The minimum Gasteiger partial charge on any atom is -0.494 e. The molecular formula is C18H26O2. The minimum absolute atomic E-state index is 0.121. The van der Waals surface area contributed by atoms with Gasteiger partial charge in [-0.2, -0.15) is 0 Å². The highest BCUT2D eigenvalue weighted by atomic mass is 16.5. The Hall–Kier alpha value is -1.44. The molecule has 0 spiro atoms. The maximum Gasteiger partial charge on any atom is 0.110 e. The van der Waals surface area contributed by atoms with Crippen molar-refractivity contribution in [3.8, 4) is 0 Å². The highest BCUT2D eigenvalue weighted by molar-refractivity contribution is 5.25. The van der Waals surface area contributed by atoms with Gasteiger partial charge in [0, 0.05) is 12.3 Å². The molecule has 0 fully saturated rings. The van der Waals surface area contributed by atoms with Crippen LogP contribution in [0.15, 0.2) is 48.2 Å². The molecule has 0 aromatic heterocycles. The molecule has 0 unspecified atom stereocenters. The Kier molecular flexibility index (Phi) is 4.12. The summed E-state index contributed by atoms with van der Waals surface area (Å²) in [5.74, 6) is 1.46. The van der Waals surface area contributed by atoms with Crippen LogP contribution in [0.25, 0.3) is 0 Å². The van der Waals surface area contributed by atoms with Gasteiger partial charge in [-0.05, 0) is 34.6 Å². The van der Waals surface area contributed by atoms with E-state index in [0.717, 1.165) is 12.2 Å². The average Bonchev–Trinajstić information content (AvgIpc) is 2.39. The van der Waals surface area contributed by atoms with E-state index in [1.54, 1.807) is 12.5 Å². The smallest absolute Gasteiger partial charge is 0.110 e. The summed E-state index contributed by atoms with van der Waals surface area (Å²) in [5, 5.41) is 0. The van der Waals surface area contributed by atoms with Crippen molar-refractivity contribution >= 4 is 0 Å². The normalized spacial score (nSPS) is 20.1. The van der Waals surface area contributed by atoms with Crippen LogP contribution in [0.2, 0.25) is 0 Å². The highest BCUT2D eigenvalue weighted by Gasteiger charge is 2.30. The van der Waals surface area contributed by atoms with E-state index < -0.39 is 0 Å². The molecule has 0 saturated heterocycles. The first kappa shape index (κ1) is 15.0. The van der Waals surface area contributed by atoms with Gasteiger partial charge in [-0.15, -0.1) is 0 Å². The maximum absolute atomic E-state index is 5.96. The van der Waals surface area contributed by atoms with Gasteiger partial charge in [-0.3, -0.25) is 0 Å². The summed E-state index contributed by atoms with van der Waals surface area (Å²) in [7, 11) is 0. The zero-order valence-corrected chi connectivity index (χ0v) is 13.3. The lowest BCUT2D eigenvalue weighted by atomic mass is 9.75. The van der Waals surface area contributed by atoms with Crippen molar-refractivity contribution in [2.45, 2.75) is 41.0 Å². The van der Waals surface area contributed by atoms with Crippen LogP contribution < -0.4 is 0 Å². The highest BCUT2D eigenvalue weighted by Crippen LogP contribution is 2.38. The number of hydrogen-bond donors (Lipinski definition) is 0. The Morgan fingerprint density at radius 2 is 1.70 bits per heavy atom. The molecule has 110 valence electrons. The van der Waals surface area contributed by atoms with Crippen molar-refractivity contribution in [2.24, 2.45) is 16.7 Å². The molecule has 2 nitrogen and oxygen atoms in total. The van der Waals surface area contributed by atoms with Crippen LogP contribution in [0.5, 0.6) is 0 Å².